The van der Waals surface area contributed by atoms with E-state index in [2.05, 4.69) is 97.7 Å². The molecule has 0 amide bonds. The summed E-state index contributed by atoms with van der Waals surface area (Å²) in [5.41, 5.74) is 20.2. The van der Waals surface area contributed by atoms with Crippen LogP contribution in [0.2, 0.25) is 0 Å². The molecule has 75 heavy (non-hydrogen) atoms. The van der Waals surface area contributed by atoms with Crippen LogP contribution >= 0.6 is 97.7 Å². The molecule has 26 nitrogen and oxygen atoms in total. The van der Waals surface area contributed by atoms with Gasteiger partial charge in [0.05, 0.1) is 0 Å². The Labute approximate surface area is 545 Å². The van der Waals surface area contributed by atoms with Gasteiger partial charge in [0.15, 0.2) is 0 Å². The Morgan fingerprint density at radius 1 is 0.280 bits per heavy atom. The fourth-order valence-electron chi connectivity index (χ4n) is 0.236. The Kier molecular flexibility index (Phi) is 643. The third kappa shape index (κ3) is 17300. The molecule has 0 aliphatic rings. The van der Waals surface area contributed by atoms with Gasteiger partial charge in [-0.3, -0.25) is 33.7 Å². The zero-order valence-corrected chi connectivity index (χ0v) is 61.4. The zero-order chi connectivity index (χ0) is 58.5. The average Bonchev–Trinajstić information content (AvgIpc) is 3.07. The standard InChI is InChI=1S/2C3H10N2.8C2H6OS.8CNS.2Cr.Cu.4H3N.2H2O/c2*4-2-1-3-5;8*1-4(2)3;8*2-1-3;;;;;;;;;/h2*1-5H2;8*1-2H3;;;;;;;;;;;;4*1H3;2*1H2/q;;;;;;;;;;8*-1;2*+5;+2;;;;;;. The average molecular weight is 1510 g/mol. The number of hydrogen-bond donors (Lipinski definition) is 8. The molecule has 45 heteroatoms. The summed E-state index contributed by atoms with van der Waals surface area (Å²) < 4.78 is 76.4. The van der Waals surface area contributed by atoms with E-state index in [4.69, 9.17) is 66.2 Å². The van der Waals surface area contributed by atoms with Gasteiger partial charge in [-0.1, -0.05) is 97.7 Å². The maximum atomic E-state index is 9.56. The maximum absolute atomic E-state index is 9.56. The van der Waals surface area contributed by atoms with Crippen LogP contribution in [0.3, 0.4) is 0 Å². The van der Waals surface area contributed by atoms with Crippen LogP contribution < -0.4 is 47.5 Å². The minimum absolute atomic E-state index is 0. The van der Waals surface area contributed by atoms with Crippen LogP contribution in [-0.4, -0.2) is 212 Å². The number of nitrogens with two attached hydrogens (primary N) is 4. The largest absolute Gasteiger partial charge is 5.00 e. The van der Waals surface area contributed by atoms with Crippen molar-refractivity contribution in [3.63, 3.8) is 0 Å². The van der Waals surface area contributed by atoms with Crippen LogP contribution in [0.1, 0.15) is 12.8 Å². The summed E-state index contributed by atoms with van der Waals surface area (Å²) in [5.74, 6) is 0. The molecule has 459 valence electrons. The SMILES string of the molecule is CS(C)=O.CS(C)=O.CS(C)=O.CS(C)=O.CS(C)=O.CS(C)=O.CS(C)=O.CS(C)=O.N.N.N.N.NCCCN.NCCCN.O.O.[Cr+5].[Cr+5].[Cu+2].[N-]=C=S.[N-]=C=S.[N-]=C=S.[N-]=C=S.[N-]=C=S.[N-]=C=S.[N-]=C=S.[N-]=C=S. The Morgan fingerprint density at radius 3 is 0.307 bits per heavy atom. The molecule has 0 aliphatic heterocycles. The predicted octanol–water partition coefficient (Wildman–Crippen LogP) is 2.81. The Balaban J connectivity index is -0.0000000130. The number of hydrogen-bond acceptors (Lipinski definition) is 24. The van der Waals surface area contributed by atoms with Crippen LogP contribution in [-0.2, 0) is 138 Å². The summed E-state index contributed by atoms with van der Waals surface area (Å²) in [6.07, 6.45) is 28.1. The first-order chi connectivity index (χ1) is 30.0. The molecule has 0 spiro atoms. The van der Waals surface area contributed by atoms with Crippen LogP contribution in [0.15, 0.2) is 0 Å². The third-order valence-electron chi connectivity index (χ3n) is 0.816. The first kappa shape index (κ1) is 178. The number of isothiocyanates is 8. The van der Waals surface area contributed by atoms with Gasteiger partial charge in [0.1, 0.15) is 0 Å². The maximum Gasteiger partial charge on any atom is 5.00 e. The molecule has 0 heterocycles. The molecule has 0 rings (SSSR count). The molecule has 0 saturated carbocycles. The van der Waals surface area contributed by atoms with Gasteiger partial charge in [-0.25, -0.2) is 0 Å². The normalized spacial score (nSPS) is 5.71. The molecule has 0 fully saturated rings. The second kappa shape index (κ2) is 271. The Bertz CT molecular complexity index is 1080. The van der Waals surface area contributed by atoms with E-state index >= 15 is 0 Å². The predicted molar refractivity (Wildman–Crippen MR) is 360 cm³/mol. The zero-order valence-electron chi connectivity index (χ0n) is 44.9. The van der Waals surface area contributed by atoms with Crippen molar-refractivity contribution in [1.82, 2.24) is 24.6 Å². The van der Waals surface area contributed by atoms with Gasteiger partial charge >= 0.3 is 51.8 Å². The van der Waals surface area contributed by atoms with Crippen molar-refractivity contribution in [3.05, 3.63) is 43.3 Å². The van der Waals surface area contributed by atoms with Gasteiger partial charge in [-0.2, -0.15) is 41.3 Å². The van der Waals surface area contributed by atoms with Crippen molar-refractivity contribution in [1.29, 1.82) is 0 Å². The smallest absolute Gasteiger partial charge is 0.753 e. The van der Waals surface area contributed by atoms with Crippen molar-refractivity contribution in [2.45, 2.75) is 12.8 Å². The number of nitrogens with zero attached hydrogens (tertiary/aromatic N) is 8. The van der Waals surface area contributed by atoms with E-state index in [-0.39, 0.29) is 87.3 Å². The second-order valence-electron chi connectivity index (χ2n) is 8.52. The van der Waals surface area contributed by atoms with E-state index in [0.717, 1.165) is 39.0 Å². The first-order valence-corrected chi connectivity index (χ1v) is 33.9. The monoisotopic (exact) mass is 1510 g/mol. The van der Waals surface area contributed by atoms with Crippen molar-refractivity contribution >= 4 is 225 Å². The van der Waals surface area contributed by atoms with E-state index < -0.39 is 86.4 Å². The minimum atomic E-state index is -0.611. The van der Waals surface area contributed by atoms with Crippen molar-refractivity contribution in [3.8, 4) is 0 Å². The van der Waals surface area contributed by atoms with Gasteiger partial charge in [0, 0.05) is 186 Å². The summed E-state index contributed by atoms with van der Waals surface area (Å²) >= 11 is 29.6. The molecule has 0 bridgehead atoms. The molecular weight excluding hydrogens is 1430 g/mol. The van der Waals surface area contributed by atoms with Crippen LogP contribution in [0, 0.1) is 0 Å². The molecule has 24 N–H and O–H groups in total. The topological polar surface area (TPSA) is 622 Å². The Hall–Kier alpha value is 0.784. The van der Waals surface area contributed by atoms with Gasteiger partial charge in [0.2, 0.25) is 0 Å². The molecule has 0 aromatic heterocycles. The molecule has 0 unspecified atom stereocenters. The fourth-order valence-corrected chi connectivity index (χ4v) is 0.236. The van der Waals surface area contributed by atoms with Gasteiger partial charge in [0.25, 0.3) is 0 Å². The first-order valence-electron chi connectivity index (χ1n) is 14.9. The molecule has 0 aromatic rings. The molecule has 0 saturated heterocycles. The molecular formula is C30H84Cr2CuN16O10S16+4. The van der Waals surface area contributed by atoms with E-state index in [9.17, 15) is 33.7 Å². The third-order valence-corrected chi connectivity index (χ3v) is 0.816. The molecule has 0 atom stereocenters. The van der Waals surface area contributed by atoms with Crippen LogP contribution in [0.4, 0.5) is 0 Å². The van der Waals surface area contributed by atoms with Crippen LogP contribution in [0.5, 0.6) is 0 Å². The van der Waals surface area contributed by atoms with Gasteiger partial charge in [-0.15, -0.1) is 0 Å². The molecule has 3 radical (unpaired) electrons. The van der Waals surface area contributed by atoms with Crippen LogP contribution in [0.25, 0.3) is 43.3 Å². The summed E-state index contributed by atoms with van der Waals surface area (Å²) in [6, 6.07) is 0. The van der Waals surface area contributed by atoms with Crippen molar-refractivity contribution < 1.29 is 96.4 Å². The fraction of sp³-hybridized carbons (Fsp3) is 0.733. The Morgan fingerprint density at radius 2 is 0.307 bits per heavy atom. The van der Waals surface area contributed by atoms with E-state index in [1.807, 2.05) is 0 Å². The van der Waals surface area contributed by atoms with Gasteiger partial charge < -0.3 is 102 Å². The summed E-state index contributed by atoms with van der Waals surface area (Å²) in [5, 5.41) is 67.7. The number of rotatable bonds is 4. The number of thiocarbonyl (C=S) groups is 8. The second-order valence-corrected chi connectivity index (χ2v) is 21.9. The van der Waals surface area contributed by atoms with Crippen molar-refractivity contribution in [2.24, 2.45) is 22.9 Å². The molecule has 0 aliphatic carbocycles. The quantitative estimate of drug-likeness (QED) is 0.114. The van der Waals surface area contributed by atoms with E-state index in [1.165, 1.54) is 41.3 Å². The summed E-state index contributed by atoms with van der Waals surface area (Å²) in [7, 11) is -4.89. The molecule has 0 aromatic carbocycles. The van der Waals surface area contributed by atoms with E-state index in [0.29, 0.717) is 0 Å². The van der Waals surface area contributed by atoms with E-state index in [1.54, 1.807) is 100 Å². The summed E-state index contributed by atoms with van der Waals surface area (Å²) in [4.78, 5) is 0. The minimum Gasteiger partial charge on any atom is -0.753 e. The summed E-state index contributed by atoms with van der Waals surface area (Å²) in [6.45, 7) is 2.88. The van der Waals surface area contributed by atoms with Crippen molar-refractivity contribution in [2.75, 3.05) is 126 Å². The van der Waals surface area contributed by atoms with Gasteiger partial charge in [-0.05, 0) is 39.0 Å².